The second-order valence-corrected chi connectivity index (χ2v) is 5.61. The minimum atomic E-state index is 0.205. The van der Waals surface area contributed by atoms with Crippen LogP contribution in [0.4, 0.5) is 0 Å². The van der Waals surface area contributed by atoms with Crippen molar-refractivity contribution in [2.24, 2.45) is 5.73 Å². The van der Waals surface area contributed by atoms with E-state index >= 15 is 0 Å². The quantitative estimate of drug-likeness (QED) is 0.926. The molecule has 2 N–H and O–H groups in total. The van der Waals surface area contributed by atoms with Crippen molar-refractivity contribution >= 4 is 0 Å². The number of fused-ring (bicyclic) bond motifs is 1. The lowest BCUT2D eigenvalue weighted by Gasteiger charge is -2.12. The van der Waals surface area contributed by atoms with E-state index in [4.69, 9.17) is 5.73 Å². The van der Waals surface area contributed by atoms with Gasteiger partial charge in [-0.1, -0.05) is 31.2 Å². The summed E-state index contributed by atoms with van der Waals surface area (Å²) in [6, 6.07) is 8.83. The Hall–Kier alpha value is -1.74. The van der Waals surface area contributed by atoms with Crippen LogP contribution in [-0.2, 0) is 12.8 Å². The number of benzene rings is 1. The van der Waals surface area contributed by atoms with E-state index in [1.54, 1.807) is 0 Å². The summed E-state index contributed by atoms with van der Waals surface area (Å²) in [6.45, 7) is 2.11. The molecular weight excluding hydrogens is 246 g/mol. The van der Waals surface area contributed by atoms with Gasteiger partial charge in [-0.05, 0) is 42.4 Å². The van der Waals surface area contributed by atoms with Crippen LogP contribution in [0.2, 0.25) is 0 Å². The fourth-order valence-electron chi connectivity index (χ4n) is 2.92. The average Bonchev–Trinajstić information content (AvgIpc) is 2.92. The van der Waals surface area contributed by atoms with Gasteiger partial charge in [-0.15, -0.1) is 0 Å². The molecule has 0 radical (unpaired) electrons. The number of nitrogens with zero attached hydrogens (tertiary/aromatic N) is 2. The van der Waals surface area contributed by atoms with Crippen LogP contribution in [0, 0.1) is 0 Å². The molecule has 2 atom stereocenters. The lowest BCUT2D eigenvalue weighted by atomic mass is 10.0. The van der Waals surface area contributed by atoms with E-state index in [0.717, 1.165) is 37.1 Å². The maximum atomic E-state index is 5.97. The molecule has 1 aromatic carbocycles. The number of hydrogen-bond acceptors (Lipinski definition) is 3. The highest BCUT2D eigenvalue weighted by molar-refractivity contribution is 5.38. The van der Waals surface area contributed by atoms with Gasteiger partial charge in [0.15, 0.2) is 0 Å². The number of aryl methyl sites for hydroxylation is 1. The first-order chi connectivity index (χ1) is 9.78. The molecule has 3 heteroatoms. The summed E-state index contributed by atoms with van der Waals surface area (Å²) < 4.78 is 0. The predicted molar refractivity (Wildman–Crippen MR) is 80.6 cm³/mol. The van der Waals surface area contributed by atoms with Crippen molar-refractivity contribution in [2.75, 3.05) is 0 Å². The summed E-state index contributed by atoms with van der Waals surface area (Å²) in [6.07, 6.45) is 7.98. The standard InChI is InChI=1S/C17H21N3/c1-2-14(18)9-12-10-19-17(20-11-12)16-8-7-13-5-3-4-6-15(13)16/h3-6,10-11,14,16H,2,7-9,18H2,1H3. The largest absolute Gasteiger partial charge is 0.327 e. The minimum absolute atomic E-state index is 0.205. The number of aromatic nitrogens is 2. The molecular formula is C17H21N3. The first-order valence-electron chi connectivity index (χ1n) is 7.42. The zero-order valence-corrected chi connectivity index (χ0v) is 11.9. The van der Waals surface area contributed by atoms with E-state index in [-0.39, 0.29) is 6.04 Å². The van der Waals surface area contributed by atoms with Crippen LogP contribution in [0.3, 0.4) is 0 Å². The lowest BCUT2D eigenvalue weighted by molar-refractivity contribution is 0.639. The zero-order valence-electron chi connectivity index (χ0n) is 11.9. The summed E-state index contributed by atoms with van der Waals surface area (Å²) >= 11 is 0. The molecule has 20 heavy (non-hydrogen) atoms. The van der Waals surface area contributed by atoms with Crippen LogP contribution < -0.4 is 5.73 Å². The third-order valence-corrected chi connectivity index (χ3v) is 4.19. The molecule has 2 unspecified atom stereocenters. The highest BCUT2D eigenvalue weighted by Gasteiger charge is 2.25. The smallest absolute Gasteiger partial charge is 0.135 e. The van der Waals surface area contributed by atoms with Gasteiger partial charge in [-0.3, -0.25) is 0 Å². The molecule has 1 aliphatic rings. The molecule has 0 fully saturated rings. The third kappa shape index (κ3) is 2.59. The van der Waals surface area contributed by atoms with Crippen molar-refractivity contribution in [2.45, 2.75) is 44.6 Å². The van der Waals surface area contributed by atoms with Gasteiger partial charge in [0.2, 0.25) is 0 Å². The number of hydrogen-bond donors (Lipinski definition) is 1. The summed E-state index contributed by atoms with van der Waals surface area (Å²) in [5.74, 6) is 1.31. The Labute approximate surface area is 120 Å². The van der Waals surface area contributed by atoms with Gasteiger partial charge in [0.1, 0.15) is 5.82 Å². The average molecular weight is 267 g/mol. The van der Waals surface area contributed by atoms with Crippen molar-refractivity contribution < 1.29 is 0 Å². The van der Waals surface area contributed by atoms with Crippen molar-refractivity contribution in [3.63, 3.8) is 0 Å². The second-order valence-electron chi connectivity index (χ2n) is 5.61. The van der Waals surface area contributed by atoms with Crippen LogP contribution in [0.15, 0.2) is 36.7 Å². The van der Waals surface area contributed by atoms with Crippen LogP contribution in [0.5, 0.6) is 0 Å². The third-order valence-electron chi connectivity index (χ3n) is 4.19. The van der Waals surface area contributed by atoms with Crippen LogP contribution in [0.1, 0.15) is 48.2 Å². The van der Waals surface area contributed by atoms with Crippen molar-refractivity contribution in [1.82, 2.24) is 9.97 Å². The maximum absolute atomic E-state index is 5.97. The molecule has 0 amide bonds. The summed E-state index contributed by atoms with van der Waals surface area (Å²) in [5, 5.41) is 0. The summed E-state index contributed by atoms with van der Waals surface area (Å²) in [5.41, 5.74) is 9.94. The van der Waals surface area contributed by atoms with E-state index in [9.17, 15) is 0 Å². The number of nitrogens with two attached hydrogens (primary N) is 1. The van der Waals surface area contributed by atoms with E-state index in [2.05, 4.69) is 41.2 Å². The van der Waals surface area contributed by atoms with Gasteiger partial charge >= 0.3 is 0 Å². The molecule has 3 nitrogen and oxygen atoms in total. The van der Waals surface area contributed by atoms with Gasteiger partial charge in [0.25, 0.3) is 0 Å². The predicted octanol–water partition coefficient (Wildman–Crippen LogP) is 2.83. The summed E-state index contributed by atoms with van der Waals surface area (Å²) in [7, 11) is 0. The SMILES string of the molecule is CCC(N)Cc1cnc(C2CCc3ccccc32)nc1. The first-order valence-corrected chi connectivity index (χ1v) is 7.42. The maximum Gasteiger partial charge on any atom is 0.135 e. The molecule has 1 aromatic heterocycles. The van der Waals surface area contributed by atoms with Crippen LogP contribution in [0.25, 0.3) is 0 Å². The Morgan fingerprint density at radius 3 is 2.75 bits per heavy atom. The van der Waals surface area contributed by atoms with Gasteiger partial charge < -0.3 is 5.73 Å². The Kier molecular flexibility index (Phi) is 3.79. The topological polar surface area (TPSA) is 51.8 Å². The van der Waals surface area contributed by atoms with Crippen molar-refractivity contribution in [3.8, 4) is 0 Å². The van der Waals surface area contributed by atoms with Gasteiger partial charge in [0, 0.05) is 24.4 Å². The Morgan fingerprint density at radius 1 is 1.25 bits per heavy atom. The van der Waals surface area contributed by atoms with E-state index < -0.39 is 0 Å². The van der Waals surface area contributed by atoms with Crippen LogP contribution >= 0.6 is 0 Å². The monoisotopic (exact) mass is 267 g/mol. The molecule has 0 saturated carbocycles. The molecule has 0 bridgehead atoms. The Balaban J connectivity index is 1.79. The van der Waals surface area contributed by atoms with Crippen molar-refractivity contribution in [3.05, 3.63) is 59.2 Å². The van der Waals surface area contributed by atoms with Crippen molar-refractivity contribution in [1.29, 1.82) is 0 Å². The zero-order chi connectivity index (χ0) is 13.9. The van der Waals surface area contributed by atoms with E-state index in [1.165, 1.54) is 11.1 Å². The summed E-state index contributed by atoms with van der Waals surface area (Å²) in [4.78, 5) is 9.16. The molecule has 0 aliphatic heterocycles. The first kappa shape index (κ1) is 13.3. The lowest BCUT2D eigenvalue weighted by Crippen LogP contribution is -2.21. The van der Waals surface area contributed by atoms with Crippen LogP contribution in [-0.4, -0.2) is 16.0 Å². The highest BCUT2D eigenvalue weighted by atomic mass is 14.9. The van der Waals surface area contributed by atoms with E-state index in [1.807, 2.05) is 12.4 Å². The fraction of sp³-hybridized carbons (Fsp3) is 0.412. The van der Waals surface area contributed by atoms with Gasteiger partial charge in [-0.2, -0.15) is 0 Å². The molecule has 1 aliphatic carbocycles. The fourth-order valence-corrected chi connectivity index (χ4v) is 2.92. The Morgan fingerprint density at radius 2 is 2.00 bits per heavy atom. The minimum Gasteiger partial charge on any atom is -0.327 e. The second kappa shape index (κ2) is 5.71. The molecule has 0 spiro atoms. The normalized spacial score (nSPS) is 18.8. The molecule has 2 aromatic rings. The molecule has 1 heterocycles. The molecule has 0 saturated heterocycles. The van der Waals surface area contributed by atoms with E-state index in [0.29, 0.717) is 5.92 Å². The molecule has 3 rings (SSSR count). The van der Waals surface area contributed by atoms with Gasteiger partial charge in [0.05, 0.1) is 0 Å². The molecule has 104 valence electrons. The number of rotatable bonds is 4. The van der Waals surface area contributed by atoms with Gasteiger partial charge in [-0.25, -0.2) is 9.97 Å². The highest BCUT2D eigenvalue weighted by Crippen LogP contribution is 2.36. The Bertz CT molecular complexity index is 577.